The molecule has 1 aliphatic heterocycles. The third-order valence-corrected chi connectivity index (χ3v) is 10.7. The van der Waals surface area contributed by atoms with Crippen LogP contribution < -0.4 is 16.6 Å². The first-order chi connectivity index (χ1) is 25.7. The minimum atomic E-state index is -0.649. The molecular formula is C42H42FN7O3. The Kier molecular flexibility index (Phi) is 9.53. The summed E-state index contributed by atoms with van der Waals surface area (Å²) in [6.45, 7) is 7.30. The van der Waals surface area contributed by atoms with Gasteiger partial charge in [-0.2, -0.15) is 0 Å². The smallest absolute Gasteiger partial charge is 0.309 e. The summed E-state index contributed by atoms with van der Waals surface area (Å²) >= 11 is 0. The largest absolute Gasteiger partial charge is 0.337 e. The number of benzene rings is 3. The minimum absolute atomic E-state index is 0.0445. The van der Waals surface area contributed by atoms with Gasteiger partial charge in [-0.15, -0.1) is 0 Å². The van der Waals surface area contributed by atoms with Crippen molar-refractivity contribution in [3.05, 3.63) is 129 Å². The van der Waals surface area contributed by atoms with E-state index in [1.807, 2.05) is 48.5 Å². The number of carbonyl (C=O) groups excluding carboxylic acids is 1. The molecule has 1 saturated carbocycles. The second kappa shape index (κ2) is 14.6. The number of fused-ring (bicyclic) bond motifs is 2. The molecule has 1 N–H and O–H groups in total. The molecule has 1 saturated heterocycles. The standard InChI is InChI=1S/C42H42FN7O3/c1-26-23-48(24-27(2)46-26)25-29-10-14-30(15-11-29)31-6-5-7-34(19-31)49-40-35(20-32(43)21-45-40)41(52)50(42(49)53)33-16-12-28(13-17-33)18-39(51)38-22-44-36-8-3-4-9-37(36)47-38/h3-11,14-15,19-22,26-28,33,46H,12-13,16-18,23-25H2,1-2H3/t26-,27+,28?,33?. The van der Waals surface area contributed by atoms with Crippen LogP contribution in [-0.4, -0.2) is 59.9 Å². The second-order valence-electron chi connectivity index (χ2n) is 14.8. The molecule has 53 heavy (non-hydrogen) atoms. The van der Waals surface area contributed by atoms with E-state index in [0.29, 0.717) is 61.1 Å². The van der Waals surface area contributed by atoms with Crippen molar-refractivity contribution in [3.8, 4) is 16.8 Å². The number of halogens is 1. The van der Waals surface area contributed by atoms with Gasteiger partial charge < -0.3 is 5.32 Å². The topological polar surface area (TPSA) is 115 Å². The number of carbonyl (C=O) groups is 1. The lowest BCUT2D eigenvalue weighted by molar-refractivity contribution is 0.0938. The molecule has 4 heterocycles. The molecule has 0 spiro atoms. The van der Waals surface area contributed by atoms with E-state index in [9.17, 15) is 18.8 Å². The molecule has 0 bridgehead atoms. The average molecular weight is 712 g/mol. The number of piperazine rings is 1. The Hall–Kier alpha value is -5.39. The van der Waals surface area contributed by atoms with Crippen LogP contribution in [0, 0.1) is 11.7 Å². The van der Waals surface area contributed by atoms with Crippen LogP contribution in [0.4, 0.5) is 4.39 Å². The summed E-state index contributed by atoms with van der Waals surface area (Å²) in [6, 6.07) is 25.1. The first kappa shape index (κ1) is 34.7. The number of hydrogen-bond donors (Lipinski definition) is 1. The molecule has 0 radical (unpaired) electrons. The third-order valence-electron chi connectivity index (χ3n) is 10.7. The molecule has 8 rings (SSSR count). The maximum atomic E-state index is 14.6. The zero-order valence-corrected chi connectivity index (χ0v) is 29.9. The zero-order valence-electron chi connectivity index (χ0n) is 29.9. The van der Waals surface area contributed by atoms with E-state index in [-0.39, 0.29) is 22.7 Å². The number of hydrogen-bond acceptors (Lipinski definition) is 8. The van der Waals surface area contributed by atoms with Crippen molar-refractivity contribution in [2.24, 2.45) is 5.92 Å². The number of aromatic nitrogens is 5. The van der Waals surface area contributed by atoms with Crippen molar-refractivity contribution in [3.63, 3.8) is 0 Å². The van der Waals surface area contributed by atoms with Gasteiger partial charge in [-0.1, -0.05) is 48.5 Å². The fourth-order valence-corrected chi connectivity index (χ4v) is 8.26. The number of nitrogens with one attached hydrogen (secondary N) is 1. The Balaban J connectivity index is 1.04. The van der Waals surface area contributed by atoms with Gasteiger partial charge in [0.05, 0.1) is 34.5 Å². The number of para-hydroxylation sites is 2. The summed E-state index contributed by atoms with van der Waals surface area (Å²) in [5, 5.41) is 3.63. The van der Waals surface area contributed by atoms with Crippen LogP contribution in [-0.2, 0) is 6.54 Å². The summed E-state index contributed by atoms with van der Waals surface area (Å²) in [5.41, 5.74) is 4.45. The second-order valence-corrected chi connectivity index (χ2v) is 14.8. The summed E-state index contributed by atoms with van der Waals surface area (Å²) in [4.78, 5) is 57.1. The molecule has 11 heteroatoms. The van der Waals surface area contributed by atoms with E-state index >= 15 is 0 Å². The van der Waals surface area contributed by atoms with Crippen LogP contribution in [0.25, 0.3) is 38.9 Å². The summed E-state index contributed by atoms with van der Waals surface area (Å²) < 4.78 is 17.3. The van der Waals surface area contributed by atoms with Gasteiger partial charge in [0.1, 0.15) is 11.5 Å². The number of rotatable bonds is 8. The maximum Gasteiger partial charge on any atom is 0.337 e. The number of nitrogens with zero attached hydrogens (tertiary/aromatic N) is 6. The van der Waals surface area contributed by atoms with Crippen LogP contribution in [0.15, 0.2) is 101 Å². The predicted octanol–water partition coefficient (Wildman–Crippen LogP) is 6.48. The van der Waals surface area contributed by atoms with E-state index in [1.54, 1.807) is 0 Å². The van der Waals surface area contributed by atoms with Crippen LogP contribution in [0.3, 0.4) is 0 Å². The molecule has 3 aromatic heterocycles. The Labute approximate surface area is 306 Å². The Morgan fingerprint density at radius 3 is 2.32 bits per heavy atom. The lowest BCUT2D eigenvalue weighted by Crippen LogP contribution is -2.53. The fraction of sp³-hybridized carbons (Fsp3) is 0.333. The van der Waals surface area contributed by atoms with Crippen molar-refractivity contribution in [2.75, 3.05) is 13.1 Å². The predicted molar refractivity (Wildman–Crippen MR) is 204 cm³/mol. The highest BCUT2D eigenvalue weighted by Gasteiger charge is 2.29. The van der Waals surface area contributed by atoms with Gasteiger partial charge >= 0.3 is 5.69 Å². The van der Waals surface area contributed by atoms with E-state index < -0.39 is 23.1 Å². The van der Waals surface area contributed by atoms with Crippen LogP contribution in [0.1, 0.15) is 68.0 Å². The molecule has 3 aromatic carbocycles. The first-order valence-electron chi connectivity index (χ1n) is 18.5. The van der Waals surface area contributed by atoms with Crippen molar-refractivity contribution >= 4 is 27.9 Å². The number of pyridine rings is 1. The van der Waals surface area contributed by atoms with E-state index in [2.05, 4.69) is 63.3 Å². The molecule has 6 aromatic rings. The van der Waals surface area contributed by atoms with Crippen molar-refractivity contribution in [2.45, 2.75) is 70.6 Å². The van der Waals surface area contributed by atoms with Gasteiger partial charge in [-0.25, -0.2) is 23.7 Å². The molecule has 10 nitrogen and oxygen atoms in total. The van der Waals surface area contributed by atoms with Crippen molar-refractivity contribution in [1.82, 2.24) is 34.3 Å². The molecular weight excluding hydrogens is 670 g/mol. The number of Topliss-reactive ketones (excluding diaryl/α,β-unsaturated/α-hetero) is 1. The molecule has 2 atom stereocenters. The highest BCUT2D eigenvalue weighted by molar-refractivity contribution is 5.95. The molecule has 270 valence electrons. The number of ketones is 1. The Morgan fingerprint density at radius 1 is 0.830 bits per heavy atom. The highest BCUT2D eigenvalue weighted by Crippen LogP contribution is 2.34. The summed E-state index contributed by atoms with van der Waals surface area (Å²) in [7, 11) is 0. The summed E-state index contributed by atoms with van der Waals surface area (Å²) in [5.74, 6) is -0.641. The van der Waals surface area contributed by atoms with Gasteiger partial charge in [0.15, 0.2) is 11.4 Å². The third kappa shape index (κ3) is 7.19. The molecule has 2 aliphatic rings. The van der Waals surface area contributed by atoms with Crippen LogP contribution in [0.5, 0.6) is 0 Å². The zero-order chi connectivity index (χ0) is 36.6. The SMILES string of the molecule is C[C@@H]1CN(Cc2ccc(-c3cccc(-n4c(=O)n(C5CCC(CC(=O)c6cnc7ccccc7n6)CC5)c(=O)c5cc(F)cnc54)c3)cc2)C[C@H](C)N1. The van der Waals surface area contributed by atoms with E-state index in [0.717, 1.165) is 48.5 Å². The maximum absolute atomic E-state index is 14.6. The van der Waals surface area contributed by atoms with Crippen molar-refractivity contribution in [1.29, 1.82) is 0 Å². The van der Waals surface area contributed by atoms with E-state index in [4.69, 9.17) is 0 Å². The Bertz CT molecular complexity index is 2430. The molecule has 1 aliphatic carbocycles. The van der Waals surface area contributed by atoms with Crippen LogP contribution in [0.2, 0.25) is 0 Å². The lowest BCUT2D eigenvalue weighted by atomic mass is 9.82. The van der Waals surface area contributed by atoms with Gasteiger partial charge in [-0.3, -0.25) is 24.0 Å². The van der Waals surface area contributed by atoms with Gasteiger partial charge in [0.2, 0.25) is 0 Å². The normalized spacial score (nSPS) is 20.9. The Morgan fingerprint density at radius 2 is 1.57 bits per heavy atom. The van der Waals surface area contributed by atoms with Crippen molar-refractivity contribution < 1.29 is 9.18 Å². The minimum Gasteiger partial charge on any atom is -0.309 e. The van der Waals surface area contributed by atoms with Crippen LogP contribution >= 0.6 is 0 Å². The quantitative estimate of drug-likeness (QED) is 0.179. The molecule has 0 amide bonds. The van der Waals surface area contributed by atoms with E-state index in [1.165, 1.54) is 20.9 Å². The highest BCUT2D eigenvalue weighted by atomic mass is 19.1. The van der Waals surface area contributed by atoms with Gasteiger partial charge in [-0.05, 0) is 92.5 Å². The fourth-order valence-electron chi connectivity index (χ4n) is 8.26. The summed E-state index contributed by atoms with van der Waals surface area (Å²) in [6.07, 6.45) is 5.24. The monoisotopic (exact) mass is 711 g/mol. The average Bonchev–Trinajstić information content (AvgIpc) is 3.15. The first-order valence-corrected chi connectivity index (χ1v) is 18.5. The molecule has 2 fully saturated rings. The van der Waals surface area contributed by atoms with Gasteiger partial charge in [0.25, 0.3) is 5.56 Å². The lowest BCUT2D eigenvalue weighted by Gasteiger charge is -2.36. The molecule has 0 unspecified atom stereocenters. The van der Waals surface area contributed by atoms with Gasteiger partial charge in [0, 0.05) is 44.2 Å².